The number of hydrogen-bond acceptors (Lipinski definition) is 7. The predicted octanol–water partition coefficient (Wildman–Crippen LogP) is 2.89. The van der Waals surface area contributed by atoms with Crippen molar-refractivity contribution < 1.29 is 17.9 Å². The van der Waals surface area contributed by atoms with Crippen LogP contribution < -0.4 is 15.5 Å². The van der Waals surface area contributed by atoms with E-state index >= 15 is 0 Å². The molecule has 2 aromatic heterocycles. The normalized spacial score (nSPS) is 21.5. The van der Waals surface area contributed by atoms with E-state index in [1.54, 1.807) is 0 Å². The van der Waals surface area contributed by atoms with Gasteiger partial charge in [-0.15, -0.1) is 0 Å². The molecule has 0 radical (unpaired) electrons. The second kappa shape index (κ2) is 7.26. The van der Waals surface area contributed by atoms with Gasteiger partial charge in [-0.05, 0) is 25.3 Å². The van der Waals surface area contributed by atoms with Crippen LogP contribution >= 0.6 is 0 Å². The van der Waals surface area contributed by atoms with E-state index in [1.165, 1.54) is 0 Å². The number of pyridine rings is 1. The molecule has 0 amide bonds. The van der Waals surface area contributed by atoms with Crippen LogP contribution in [0.2, 0.25) is 0 Å². The maximum Gasteiger partial charge on any atom is 0.417 e. The van der Waals surface area contributed by atoms with Crippen molar-refractivity contribution in [3.63, 3.8) is 0 Å². The maximum atomic E-state index is 13.7. The number of morpholine rings is 1. The van der Waals surface area contributed by atoms with Crippen LogP contribution in [0.25, 0.3) is 11.4 Å². The molecule has 2 saturated heterocycles. The van der Waals surface area contributed by atoms with Gasteiger partial charge in [0.2, 0.25) is 0 Å². The van der Waals surface area contributed by atoms with Crippen molar-refractivity contribution in [2.24, 2.45) is 0 Å². The van der Waals surface area contributed by atoms with Gasteiger partial charge in [0.25, 0.3) is 0 Å². The Hall–Kier alpha value is -2.62. The minimum absolute atomic E-state index is 0.0429. The Kier molecular flexibility index (Phi) is 4.68. The Labute approximate surface area is 172 Å². The molecule has 10 heteroatoms. The van der Waals surface area contributed by atoms with Crippen molar-refractivity contribution >= 4 is 17.5 Å². The first-order chi connectivity index (χ1) is 14.4. The van der Waals surface area contributed by atoms with Crippen molar-refractivity contribution in [2.75, 3.05) is 48.4 Å². The van der Waals surface area contributed by atoms with E-state index in [0.717, 1.165) is 68.2 Å². The lowest BCUT2D eigenvalue weighted by atomic mass is 10.1. The quantitative estimate of drug-likeness (QED) is 0.800. The largest absolute Gasteiger partial charge is 0.417 e. The van der Waals surface area contributed by atoms with Crippen molar-refractivity contribution in [1.82, 2.24) is 15.0 Å². The number of alkyl halides is 3. The van der Waals surface area contributed by atoms with E-state index in [0.29, 0.717) is 19.8 Å². The molecule has 2 N–H and O–H groups in total. The van der Waals surface area contributed by atoms with Gasteiger partial charge in [0, 0.05) is 37.8 Å². The molecule has 1 atom stereocenters. The van der Waals surface area contributed by atoms with Crippen LogP contribution in [0.5, 0.6) is 0 Å². The number of rotatable bonds is 2. The zero-order chi connectivity index (χ0) is 20.9. The molecule has 30 heavy (non-hydrogen) atoms. The van der Waals surface area contributed by atoms with Crippen LogP contribution in [-0.2, 0) is 17.3 Å². The van der Waals surface area contributed by atoms with Gasteiger partial charge in [-0.25, -0.2) is 15.0 Å². The minimum Gasteiger partial charge on any atom is -0.384 e. The highest BCUT2D eigenvalue weighted by Gasteiger charge is 2.39. The average Bonchev–Trinajstić information content (AvgIpc) is 3.12. The van der Waals surface area contributed by atoms with E-state index in [4.69, 9.17) is 10.5 Å². The summed E-state index contributed by atoms with van der Waals surface area (Å²) in [6.07, 6.45) is 0.531. The number of anilines is 3. The number of aromatic nitrogens is 3. The van der Waals surface area contributed by atoms with Gasteiger partial charge in [0.1, 0.15) is 17.5 Å². The van der Waals surface area contributed by atoms with Crippen molar-refractivity contribution in [2.45, 2.75) is 37.9 Å². The van der Waals surface area contributed by atoms with Crippen LogP contribution in [0.15, 0.2) is 12.3 Å². The van der Waals surface area contributed by atoms with Gasteiger partial charge >= 0.3 is 6.18 Å². The monoisotopic (exact) mass is 420 g/mol. The fraction of sp³-hybridized carbons (Fsp3) is 0.550. The molecule has 160 valence electrons. The molecule has 0 bridgehead atoms. The molecule has 3 aliphatic rings. The van der Waals surface area contributed by atoms with E-state index in [1.807, 2.05) is 0 Å². The van der Waals surface area contributed by atoms with Gasteiger partial charge < -0.3 is 20.3 Å². The molecule has 0 saturated carbocycles. The van der Waals surface area contributed by atoms with Gasteiger partial charge in [0.05, 0.1) is 30.4 Å². The fourth-order valence-corrected chi connectivity index (χ4v) is 4.59. The first-order valence-corrected chi connectivity index (χ1v) is 10.2. The molecule has 7 nitrogen and oxygen atoms in total. The molecule has 5 rings (SSSR count). The van der Waals surface area contributed by atoms with E-state index in [9.17, 15) is 13.2 Å². The molecular weight excluding hydrogens is 397 g/mol. The number of piperidine rings is 1. The zero-order valence-corrected chi connectivity index (χ0v) is 16.5. The molecule has 0 aromatic carbocycles. The van der Waals surface area contributed by atoms with Crippen LogP contribution in [0.1, 0.15) is 30.4 Å². The highest BCUT2D eigenvalue weighted by atomic mass is 19.4. The fourth-order valence-electron chi connectivity index (χ4n) is 4.59. The summed E-state index contributed by atoms with van der Waals surface area (Å²) in [6.45, 7) is 3.51. The summed E-state index contributed by atoms with van der Waals surface area (Å²) in [4.78, 5) is 17.5. The maximum absolute atomic E-state index is 13.7. The molecule has 5 heterocycles. The van der Waals surface area contributed by atoms with Crippen LogP contribution in [0.4, 0.5) is 30.6 Å². The number of hydrogen-bond donors (Lipinski definition) is 1. The molecule has 2 fully saturated rings. The highest BCUT2D eigenvalue weighted by molar-refractivity contribution is 5.72. The van der Waals surface area contributed by atoms with E-state index in [2.05, 4.69) is 24.8 Å². The lowest BCUT2D eigenvalue weighted by Crippen LogP contribution is -2.43. The Balaban J connectivity index is 1.68. The Morgan fingerprint density at radius 1 is 1.07 bits per heavy atom. The summed E-state index contributed by atoms with van der Waals surface area (Å²) in [5.41, 5.74) is 5.54. The Morgan fingerprint density at radius 3 is 2.60 bits per heavy atom. The first-order valence-electron chi connectivity index (χ1n) is 10.2. The van der Waals surface area contributed by atoms with Crippen LogP contribution in [0, 0.1) is 0 Å². The van der Waals surface area contributed by atoms with Crippen LogP contribution in [-0.4, -0.2) is 53.8 Å². The number of nitrogens with zero attached hydrogens (tertiary/aromatic N) is 5. The average molecular weight is 420 g/mol. The third kappa shape index (κ3) is 3.32. The van der Waals surface area contributed by atoms with Gasteiger partial charge in [0.15, 0.2) is 5.82 Å². The Morgan fingerprint density at radius 2 is 1.83 bits per heavy atom. The second-order valence-electron chi connectivity index (χ2n) is 8.00. The number of ether oxygens (including phenoxy) is 1. The summed E-state index contributed by atoms with van der Waals surface area (Å²) in [5.74, 6) is 1.32. The smallest absolute Gasteiger partial charge is 0.384 e. The molecule has 2 aromatic rings. The molecule has 0 spiro atoms. The Bertz CT molecular complexity index is 960. The summed E-state index contributed by atoms with van der Waals surface area (Å²) >= 11 is 0. The third-order valence-electron chi connectivity index (χ3n) is 6.03. The lowest BCUT2D eigenvalue weighted by Gasteiger charge is -2.31. The summed E-state index contributed by atoms with van der Waals surface area (Å²) in [6, 6.07) is 0.998. The molecular formula is C20H23F3N6O. The lowest BCUT2D eigenvalue weighted by molar-refractivity contribution is -0.137. The highest BCUT2D eigenvalue weighted by Crippen LogP contribution is 2.42. The topological polar surface area (TPSA) is 80.4 Å². The summed E-state index contributed by atoms with van der Waals surface area (Å²) < 4.78 is 46.8. The van der Waals surface area contributed by atoms with Crippen LogP contribution in [0.3, 0.4) is 0 Å². The molecule has 3 aliphatic heterocycles. The minimum atomic E-state index is -4.58. The second-order valence-corrected chi connectivity index (χ2v) is 8.00. The van der Waals surface area contributed by atoms with E-state index in [-0.39, 0.29) is 23.2 Å². The number of nitrogens with two attached hydrogens (primary N) is 1. The zero-order valence-electron chi connectivity index (χ0n) is 16.5. The number of nitrogen functional groups attached to an aromatic ring is 1. The van der Waals surface area contributed by atoms with Crippen molar-refractivity contribution in [3.8, 4) is 11.4 Å². The SMILES string of the molecule is Nc1cc(C(F)(F)F)c(-c2nc(N3CCCCC3)c3c(n2)N2CCOC[C@H]2C3)cn1. The van der Waals surface area contributed by atoms with Gasteiger partial charge in [-0.1, -0.05) is 0 Å². The van der Waals surface area contributed by atoms with Crippen molar-refractivity contribution in [3.05, 3.63) is 23.4 Å². The van der Waals surface area contributed by atoms with Crippen molar-refractivity contribution in [1.29, 1.82) is 0 Å². The standard InChI is InChI=1S/C20H23F3N6O/c21-20(22,23)15-9-16(24)25-10-14(15)17-26-18(28-4-2-1-3-5-28)13-8-12-11-30-7-6-29(12)19(13)27-17/h9-10,12H,1-8,11H2,(H2,24,25)/t12-/m1/s1. The summed E-state index contributed by atoms with van der Waals surface area (Å²) in [7, 11) is 0. The number of fused-ring (bicyclic) bond motifs is 3. The number of halogens is 3. The van der Waals surface area contributed by atoms with E-state index < -0.39 is 11.7 Å². The molecule has 0 unspecified atom stereocenters. The summed E-state index contributed by atoms with van der Waals surface area (Å²) in [5, 5.41) is 0. The van der Waals surface area contributed by atoms with Gasteiger partial charge in [-0.3, -0.25) is 0 Å². The van der Waals surface area contributed by atoms with Gasteiger partial charge in [-0.2, -0.15) is 13.2 Å². The predicted molar refractivity (Wildman–Crippen MR) is 106 cm³/mol. The molecule has 0 aliphatic carbocycles. The first kappa shape index (κ1) is 19.3. The third-order valence-corrected chi connectivity index (χ3v) is 6.03.